The number of alkyl carbamates (subject to hydrolysis) is 1. The highest BCUT2D eigenvalue weighted by molar-refractivity contribution is 5.77. The molecule has 0 unspecified atom stereocenters. The molecule has 2 amide bonds. The molecule has 0 saturated carbocycles. The molecule has 0 saturated heterocycles. The zero-order valence-corrected chi connectivity index (χ0v) is 16.3. The lowest BCUT2D eigenvalue weighted by Gasteiger charge is -2.19. The maximum atomic E-state index is 12.9. The van der Waals surface area contributed by atoms with Crippen molar-refractivity contribution in [1.29, 1.82) is 0 Å². The zero-order valence-electron chi connectivity index (χ0n) is 16.3. The predicted molar refractivity (Wildman–Crippen MR) is 104 cm³/mol. The molecule has 0 heterocycles. The van der Waals surface area contributed by atoms with Crippen LogP contribution in [0.15, 0.2) is 48.5 Å². The van der Waals surface area contributed by atoms with E-state index in [-0.39, 0.29) is 24.7 Å². The summed E-state index contributed by atoms with van der Waals surface area (Å²) in [5.41, 5.74) is 0.332. The topological polar surface area (TPSA) is 76.7 Å². The minimum Gasteiger partial charge on any atom is -0.457 e. The summed E-state index contributed by atoms with van der Waals surface area (Å²) in [5, 5.41) is 5.32. The molecule has 2 N–H and O–H groups in total. The van der Waals surface area contributed by atoms with Crippen molar-refractivity contribution >= 4 is 12.0 Å². The number of benzene rings is 2. The molecule has 0 bridgehead atoms. The molecule has 0 aliphatic carbocycles. The summed E-state index contributed by atoms with van der Waals surface area (Å²) in [4.78, 5) is 23.4. The van der Waals surface area contributed by atoms with E-state index >= 15 is 0 Å². The Labute approximate surface area is 164 Å². The van der Waals surface area contributed by atoms with Crippen molar-refractivity contribution in [3.63, 3.8) is 0 Å². The Morgan fingerprint density at radius 3 is 2.07 bits per heavy atom. The summed E-state index contributed by atoms with van der Waals surface area (Å²) in [6.07, 6.45) is -0.387. The first-order valence-corrected chi connectivity index (χ1v) is 8.97. The fourth-order valence-electron chi connectivity index (χ4n) is 2.20. The monoisotopic (exact) mass is 388 g/mol. The summed E-state index contributed by atoms with van der Waals surface area (Å²) in [7, 11) is 0. The van der Waals surface area contributed by atoms with Gasteiger partial charge in [0.25, 0.3) is 0 Å². The van der Waals surface area contributed by atoms with Gasteiger partial charge in [-0.2, -0.15) is 0 Å². The Hall–Kier alpha value is -3.09. The summed E-state index contributed by atoms with van der Waals surface area (Å²) in [6.45, 7) is 5.88. The highest BCUT2D eigenvalue weighted by Gasteiger charge is 2.15. The minimum atomic E-state index is -0.571. The van der Waals surface area contributed by atoms with E-state index in [2.05, 4.69) is 10.6 Å². The number of carbonyl (C=O) groups is 2. The van der Waals surface area contributed by atoms with Crippen LogP contribution in [0.2, 0.25) is 0 Å². The van der Waals surface area contributed by atoms with Gasteiger partial charge in [0.2, 0.25) is 5.91 Å². The molecular formula is C21H25FN2O4. The number of hydrogen-bond donors (Lipinski definition) is 2. The van der Waals surface area contributed by atoms with Crippen LogP contribution in [0, 0.1) is 5.82 Å². The number of halogens is 1. The van der Waals surface area contributed by atoms with Crippen LogP contribution in [-0.2, 0) is 16.1 Å². The Bertz CT molecular complexity index is 784. The first-order chi connectivity index (χ1) is 13.2. The van der Waals surface area contributed by atoms with E-state index in [4.69, 9.17) is 9.47 Å². The van der Waals surface area contributed by atoms with E-state index in [0.717, 1.165) is 5.56 Å². The lowest BCUT2D eigenvalue weighted by molar-refractivity contribution is -0.121. The van der Waals surface area contributed by atoms with E-state index < -0.39 is 11.7 Å². The third-order valence-corrected chi connectivity index (χ3v) is 3.48. The molecule has 28 heavy (non-hydrogen) atoms. The van der Waals surface area contributed by atoms with Crippen LogP contribution < -0.4 is 15.4 Å². The van der Waals surface area contributed by atoms with Crippen LogP contribution in [0.3, 0.4) is 0 Å². The second kappa shape index (κ2) is 9.73. The third-order valence-electron chi connectivity index (χ3n) is 3.48. The molecule has 0 aliphatic heterocycles. The molecule has 6 nitrogen and oxygen atoms in total. The summed E-state index contributed by atoms with van der Waals surface area (Å²) in [5.74, 6) is 0.658. The number of amides is 2. The molecule has 0 atom stereocenters. The fraction of sp³-hybridized carbons (Fsp3) is 0.333. The number of ether oxygens (including phenoxy) is 2. The van der Waals surface area contributed by atoms with E-state index in [1.807, 2.05) is 12.1 Å². The lowest BCUT2D eigenvalue weighted by Crippen LogP contribution is -2.35. The van der Waals surface area contributed by atoms with Gasteiger partial charge in [0.15, 0.2) is 0 Å². The Kier molecular flexibility index (Phi) is 7.37. The van der Waals surface area contributed by atoms with Crippen molar-refractivity contribution in [3.05, 3.63) is 59.9 Å². The van der Waals surface area contributed by atoms with Gasteiger partial charge in [-0.05, 0) is 62.7 Å². The van der Waals surface area contributed by atoms with Gasteiger partial charge in [0.05, 0.1) is 0 Å². The molecule has 0 aliphatic rings. The van der Waals surface area contributed by atoms with Crippen molar-refractivity contribution in [2.24, 2.45) is 0 Å². The quantitative estimate of drug-likeness (QED) is 0.747. The molecule has 0 radical (unpaired) electrons. The second-order valence-corrected chi connectivity index (χ2v) is 7.16. The SMILES string of the molecule is CC(C)(C)OC(=O)NCCC(=O)NCc1ccc(Oc2ccc(F)cc2)cc1. The summed E-state index contributed by atoms with van der Waals surface area (Å²) < 4.78 is 23.6. The zero-order chi connectivity index (χ0) is 20.6. The van der Waals surface area contributed by atoms with Crippen molar-refractivity contribution in [2.75, 3.05) is 6.54 Å². The molecule has 150 valence electrons. The van der Waals surface area contributed by atoms with Crippen molar-refractivity contribution < 1.29 is 23.5 Å². The smallest absolute Gasteiger partial charge is 0.407 e. The average molecular weight is 388 g/mol. The van der Waals surface area contributed by atoms with Crippen LogP contribution in [0.5, 0.6) is 11.5 Å². The van der Waals surface area contributed by atoms with Crippen LogP contribution in [0.25, 0.3) is 0 Å². The first kappa shape index (κ1) is 21.2. The highest BCUT2D eigenvalue weighted by Crippen LogP contribution is 2.21. The second-order valence-electron chi connectivity index (χ2n) is 7.16. The predicted octanol–water partition coefficient (Wildman–Crippen LogP) is 4.15. The van der Waals surface area contributed by atoms with Gasteiger partial charge in [-0.15, -0.1) is 0 Å². The molecule has 0 fully saturated rings. The normalized spacial score (nSPS) is 10.9. The third kappa shape index (κ3) is 8.07. The number of carbonyl (C=O) groups excluding carboxylic acids is 2. The van der Waals surface area contributed by atoms with Crippen LogP contribution >= 0.6 is 0 Å². The first-order valence-electron chi connectivity index (χ1n) is 8.97. The van der Waals surface area contributed by atoms with Gasteiger partial charge < -0.3 is 20.1 Å². The van der Waals surface area contributed by atoms with Crippen LogP contribution in [-0.4, -0.2) is 24.1 Å². The highest BCUT2D eigenvalue weighted by atomic mass is 19.1. The maximum Gasteiger partial charge on any atom is 0.407 e. The van der Waals surface area contributed by atoms with Gasteiger partial charge >= 0.3 is 6.09 Å². The van der Waals surface area contributed by atoms with Crippen molar-refractivity contribution in [2.45, 2.75) is 39.3 Å². The molecule has 7 heteroatoms. The molecule has 2 aromatic rings. The Morgan fingerprint density at radius 2 is 1.50 bits per heavy atom. The van der Waals surface area contributed by atoms with Crippen LogP contribution in [0.4, 0.5) is 9.18 Å². The maximum absolute atomic E-state index is 12.9. The van der Waals surface area contributed by atoms with Crippen LogP contribution in [0.1, 0.15) is 32.8 Å². The van der Waals surface area contributed by atoms with E-state index in [1.54, 1.807) is 45.0 Å². The van der Waals surface area contributed by atoms with Gasteiger partial charge in [0, 0.05) is 19.5 Å². The molecule has 2 rings (SSSR count). The summed E-state index contributed by atoms with van der Waals surface area (Å²) in [6, 6.07) is 13.0. The molecule has 0 aromatic heterocycles. The number of hydrogen-bond acceptors (Lipinski definition) is 4. The molecular weight excluding hydrogens is 363 g/mol. The largest absolute Gasteiger partial charge is 0.457 e. The lowest BCUT2D eigenvalue weighted by atomic mass is 10.2. The molecule has 2 aromatic carbocycles. The Balaban J connectivity index is 1.70. The average Bonchev–Trinajstić information content (AvgIpc) is 2.61. The standard InChI is InChI=1S/C21H25FN2O4/c1-21(2,3)28-20(26)23-13-12-19(25)24-14-15-4-8-17(9-5-15)27-18-10-6-16(22)7-11-18/h4-11H,12-14H2,1-3H3,(H,23,26)(H,24,25). The number of rotatable bonds is 7. The van der Waals surface area contributed by atoms with Crippen molar-refractivity contribution in [3.8, 4) is 11.5 Å². The Morgan fingerprint density at radius 1 is 0.929 bits per heavy atom. The van der Waals surface area contributed by atoms with Crippen molar-refractivity contribution in [1.82, 2.24) is 10.6 Å². The van der Waals surface area contributed by atoms with E-state index in [1.165, 1.54) is 12.1 Å². The van der Waals surface area contributed by atoms with Gasteiger partial charge in [-0.25, -0.2) is 9.18 Å². The molecule has 0 spiro atoms. The fourth-order valence-corrected chi connectivity index (χ4v) is 2.20. The van der Waals surface area contributed by atoms with Gasteiger partial charge in [0.1, 0.15) is 22.9 Å². The number of nitrogens with one attached hydrogen (secondary N) is 2. The van der Waals surface area contributed by atoms with Gasteiger partial charge in [-0.1, -0.05) is 12.1 Å². The van der Waals surface area contributed by atoms with Gasteiger partial charge in [-0.3, -0.25) is 4.79 Å². The minimum absolute atomic E-state index is 0.158. The van der Waals surface area contributed by atoms with E-state index in [9.17, 15) is 14.0 Å². The summed E-state index contributed by atoms with van der Waals surface area (Å²) >= 11 is 0. The van der Waals surface area contributed by atoms with E-state index in [0.29, 0.717) is 18.0 Å².